The lowest BCUT2D eigenvalue weighted by atomic mass is 10.1. The van der Waals surface area contributed by atoms with Crippen LogP contribution in [0.4, 0.5) is 0 Å². The summed E-state index contributed by atoms with van der Waals surface area (Å²) in [6.07, 6.45) is 1.19. The zero-order valence-electron chi connectivity index (χ0n) is 14.7. The van der Waals surface area contributed by atoms with E-state index in [2.05, 4.69) is 29.2 Å². The van der Waals surface area contributed by atoms with Crippen LogP contribution < -0.4 is 4.74 Å². The quantitative estimate of drug-likeness (QED) is 0.830. The third kappa shape index (κ3) is 3.87. The van der Waals surface area contributed by atoms with Gasteiger partial charge in [-0.15, -0.1) is 0 Å². The standard InChI is InChI=1S/C21H23ClN2O2/c22-18-7-8-19-17(13-18)14-20(26-19)21(25)24-10-4-9-23(11-12-24)15-16-5-2-1-3-6-16/h1-3,5-8,13,20H,4,9-12,14-15H2. The van der Waals surface area contributed by atoms with Crippen molar-refractivity contribution < 1.29 is 9.53 Å². The van der Waals surface area contributed by atoms with E-state index < -0.39 is 6.10 Å². The van der Waals surface area contributed by atoms with Crippen molar-refractivity contribution in [3.05, 3.63) is 64.7 Å². The van der Waals surface area contributed by atoms with Gasteiger partial charge < -0.3 is 9.64 Å². The number of ether oxygens (including phenoxy) is 1. The van der Waals surface area contributed by atoms with Crippen LogP contribution in [0.5, 0.6) is 5.75 Å². The van der Waals surface area contributed by atoms with Crippen LogP contribution in [0.3, 0.4) is 0 Å². The number of hydrogen-bond acceptors (Lipinski definition) is 3. The Balaban J connectivity index is 1.35. The van der Waals surface area contributed by atoms with Crippen LogP contribution in [0.2, 0.25) is 5.02 Å². The van der Waals surface area contributed by atoms with Crippen molar-refractivity contribution in [3.8, 4) is 5.75 Å². The smallest absolute Gasteiger partial charge is 0.264 e. The van der Waals surface area contributed by atoms with Gasteiger partial charge in [0.15, 0.2) is 6.10 Å². The molecule has 1 unspecified atom stereocenters. The molecule has 26 heavy (non-hydrogen) atoms. The number of rotatable bonds is 3. The molecule has 0 radical (unpaired) electrons. The summed E-state index contributed by atoms with van der Waals surface area (Å²) < 4.78 is 5.88. The monoisotopic (exact) mass is 370 g/mol. The molecule has 4 rings (SSSR count). The van der Waals surface area contributed by atoms with E-state index in [0.29, 0.717) is 11.4 Å². The summed E-state index contributed by atoms with van der Waals surface area (Å²) in [4.78, 5) is 17.3. The molecular formula is C21H23ClN2O2. The number of benzene rings is 2. The van der Waals surface area contributed by atoms with Gasteiger partial charge in [-0.05, 0) is 35.7 Å². The highest BCUT2D eigenvalue weighted by molar-refractivity contribution is 6.30. The molecule has 1 saturated heterocycles. The Bertz CT molecular complexity index is 781. The molecule has 136 valence electrons. The van der Waals surface area contributed by atoms with E-state index in [1.807, 2.05) is 23.1 Å². The van der Waals surface area contributed by atoms with Crippen molar-refractivity contribution in [2.75, 3.05) is 26.2 Å². The van der Waals surface area contributed by atoms with E-state index in [9.17, 15) is 4.79 Å². The SMILES string of the molecule is O=C(C1Cc2cc(Cl)ccc2O1)N1CCCN(Cc2ccccc2)CC1. The molecule has 0 N–H and O–H groups in total. The number of nitrogens with zero attached hydrogens (tertiary/aromatic N) is 2. The number of amides is 1. The second-order valence-corrected chi connectivity index (χ2v) is 7.44. The van der Waals surface area contributed by atoms with Gasteiger partial charge in [-0.2, -0.15) is 0 Å². The lowest BCUT2D eigenvalue weighted by molar-refractivity contribution is -0.137. The fourth-order valence-electron chi connectivity index (χ4n) is 3.75. The first-order chi connectivity index (χ1) is 12.7. The minimum absolute atomic E-state index is 0.0962. The number of carbonyl (C=O) groups excluding carboxylic acids is 1. The fraction of sp³-hybridized carbons (Fsp3) is 0.381. The van der Waals surface area contributed by atoms with Gasteiger partial charge in [0.2, 0.25) is 0 Å². The van der Waals surface area contributed by atoms with E-state index in [0.717, 1.165) is 50.5 Å². The Morgan fingerprint density at radius 2 is 1.92 bits per heavy atom. The van der Waals surface area contributed by atoms with Gasteiger partial charge in [0.25, 0.3) is 5.91 Å². The van der Waals surface area contributed by atoms with Crippen LogP contribution in [0.15, 0.2) is 48.5 Å². The predicted molar refractivity (Wildman–Crippen MR) is 102 cm³/mol. The van der Waals surface area contributed by atoms with Gasteiger partial charge >= 0.3 is 0 Å². The first-order valence-corrected chi connectivity index (χ1v) is 9.57. The van der Waals surface area contributed by atoms with Gasteiger partial charge in [0.05, 0.1) is 0 Å². The molecule has 2 aliphatic heterocycles. The zero-order valence-corrected chi connectivity index (χ0v) is 15.5. The number of carbonyl (C=O) groups is 1. The Kier molecular flexibility index (Phi) is 5.14. The summed E-state index contributed by atoms with van der Waals surface area (Å²) in [6, 6.07) is 16.1. The molecule has 2 aliphatic rings. The first-order valence-electron chi connectivity index (χ1n) is 9.19. The molecule has 0 aliphatic carbocycles. The maximum atomic E-state index is 12.9. The third-order valence-corrected chi connectivity index (χ3v) is 5.36. The molecule has 0 saturated carbocycles. The van der Waals surface area contributed by atoms with Crippen LogP contribution in [-0.2, 0) is 17.8 Å². The van der Waals surface area contributed by atoms with Crippen molar-refractivity contribution in [1.82, 2.24) is 9.80 Å². The van der Waals surface area contributed by atoms with Crippen LogP contribution in [-0.4, -0.2) is 48.0 Å². The second kappa shape index (κ2) is 7.68. The summed E-state index contributed by atoms with van der Waals surface area (Å²) in [5, 5.41) is 0.687. The minimum atomic E-state index is -0.413. The van der Waals surface area contributed by atoms with E-state index in [1.54, 1.807) is 6.07 Å². The summed E-state index contributed by atoms with van der Waals surface area (Å²) in [5.41, 5.74) is 2.34. The van der Waals surface area contributed by atoms with Crippen LogP contribution in [0.1, 0.15) is 17.5 Å². The molecule has 0 bridgehead atoms. The highest BCUT2D eigenvalue weighted by atomic mass is 35.5. The molecule has 1 amide bonds. The predicted octanol–water partition coefficient (Wildman–Crippen LogP) is 3.38. The van der Waals surface area contributed by atoms with Crippen LogP contribution in [0, 0.1) is 0 Å². The van der Waals surface area contributed by atoms with Gasteiger partial charge in [-0.1, -0.05) is 41.9 Å². The van der Waals surface area contributed by atoms with Crippen molar-refractivity contribution in [3.63, 3.8) is 0 Å². The molecular weight excluding hydrogens is 348 g/mol. The number of fused-ring (bicyclic) bond motifs is 1. The third-order valence-electron chi connectivity index (χ3n) is 5.12. The molecule has 2 heterocycles. The van der Waals surface area contributed by atoms with Crippen molar-refractivity contribution >= 4 is 17.5 Å². The Labute approximate surface area is 159 Å². The van der Waals surface area contributed by atoms with Crippen LogP contribution in [0.25, 0.3) is 0 Å². The summed E-state index contributed by atoms with van der Waals surface area (Å²) in [5.74, 6) is 0.882. The molecule has 1 atom stereocenters. The Morgan fingerprint density at radius 1 is 1.08 bits per heavy atom. The second-order valence-electron chi connectivity index (χ2n) is 7.00. The molecule has 1 fully saturated rings. The maximum absolute atomic E-state index is 12.9. The van der Waals surface area contributed by atoms with Gasteiger partial charge in [-0.25, -0.2) is 0 Å². The molecule has 0 aromatic heterocycles. The fourth-order valence-corrected chi connectivity index (χ4v) is 3.94. The largest absolute Gasteiger partial charge is 0.480 e. The lowest BCUT2D eigenvalue weighted by Crippen LogP contribution is -2.43. The number of halogens is 1. The Morgan fingerprint density at radius 3 is 2.77 bits per heavy atom. The molecule has 2 aromatic carbocycles. The first kappa shape index (κ1) is 17.4. The lowest BCUT2D eigenvalue weighted by Gasteiger charge is -2.24. The Hall–Kier alpha value is -2.04. The molecule has 5 heteroatoms. The van der Waals surface area contributed by atoms with Crippen LogP contribution >= 0.6 is 11.6 Å². The van der Waals surface area contributed by atoms with Crippen molar-refractivity contribution in [1.29, 1.82) is 0 Å². The van der Waals surface area contributed by atoms with Gasteiger partial charge in [0.1, 0.15) is 5.75 Å². The number of hydrogen-bond donors (Lipinski definition) is 0. The van der Waals surface area contributed by atoms with Gasteiger partial charge in [0, 0.05) is 44.2 Å². The van der Waals surface area contributed by atoms with Gasteiger partial charge in [-0.3, -0.25) is 9.69 Å². The molecule has 2 aromatic rings. The molecule has 4 nitrogen and oxygen atoms in total. The summed E-state index contributed by atoms with van der Waals surface area (Å²) in [7, 11) is 0. The zero-order chi connectivity index (χ0) is 17.9. The maximum Gasteiger partial charge on any atom is 0.264 e. The van der Waals surface area contributed by atoms with E-state index in [1.165, 1.54) is 5.56 Å². The van der Waals surface area contributed by atoms with E-state index in [4.69, 9.17) is 16.3 Å². The minimum Gasteiger partial charge on any atom is -0.480 e. The topological polar surface area (TPSA) is 32.8 Å². The average Bonchev–Trinajstić information content (AvgIpc) is 2.93. The van der Waals surface area contributed by atoms with E-state index >= 15 is 0 Å². The summed E-state index contributed by atoms with van der Waals surface area (Å²) in [6.45, 7) is 4.39. The van der Waals surface area contributed by atoms with Crippen molar-refractivity contribution in [2.45, 2.75) is 25.5 Å². The summed E-state index contributed by atoms with van der Waals surface area (Å²) >= 11 is 6.05. The highest BCUT2D eigenvalue weighted by Crippen LogP contribution is 2.31. The molecule has 0 spiro atoms. The highest BCUT2D eigenvalue weighted by Gasteiger charge is 2.33. The normalized spacial score (nSPS) is 20.3. The average molecular weight is 371 g/mol. The van der Waals surface area contributed by atoms with Crippen molar-refractivity contribution in [2.24, 2.45) is 0 Å². The van der Waals surface area contributed by atoms with E-state index in [-0.39, 0.29) is 5.91 Å².